The second-order valence-electron chi connectivity index (χ2n) is 7.36. The minimum atomic E-state index is -0.492. The molecule has 1 aliphatic carbocycles. The second kappa shape index (κ2) is 8.87. The molecule has 1 aromatic carbocycles. The first-order chi connectivity index (χ1) is 13.5. The van der Waals surface area contributed by atoms with E-state index in [2.05, 4.69) is 17.6 Å². The average molecular weight is 381 g/mol. The summed E-state index contributed by atoms with van der Waals surface area (Å²) >= 11 is 0. The van der Waals surface area contributed by atoms with E-state index in [0.717, 1.165) is 24.8 Å². The van der Waals surface area contributed by atoms with E-state index in [4.69, 9.17) is 0 Å². The van der Waals surface area contributed by atoms with E-state index < -0.39 is 11.5 Å². The maximum Gasteiger partial charge on any atom is 0.263 e. The van der Waals surface area contributed by atoms with Gasteiger partial charge >= 0.3 is 0 Å². The predicted molar refractivity (Wildman–Crippen MR) is 109 cm³/mol. The normalized spacial score (nSPS) is 17.8. The number of unbranched alkanes of at least 4 members (excludes halogenated alkanes) is 1. The smallest absolute Gasteiger partial charge is 0.263 e. The van der Waals surface area contributed by atoms with Gasteiger partial charge < -0.3 is 15.2 Å². The summed E-state index contributed by atoms with van der Waals surface area (Å²) in [5, 5.41) is 5.52. The third-order valence-electron chi connectivity index (χ3n) is 5.18. The quantitative estimate of drug-likeness (QED) is 0.737. The van der Waals surface area contributed by atoms with E-state index in [1.165, 1.54) is 24.1 Å². The number of pyridine rings is 1. The van der Waals surface area contributed by atoms with Crippen LogP contribution in [-0.4, -0.2) is 29.5 Å². The lowest BCUT2D eigenvalue weighted by atomic mass is 10.1. The molecule has 6 heteroatoms. The molecule has 0 spiro atoms. The average Bonchev–Trinajstić information content (AvgIpc) is 3.45. The van der Waals surface area contributed by atoms with Crippen molar-refractivity contribution in [3.63, 3.8) is 0 Å². The maximum atomic E-state index is 12.7. The van der Waals surface area contributed by atoms with Crippen LogP contribution >= 0.6 is 0 Å². The van der Waals surface area contributed by atoms with Gasteiger partial charge in [0.25, 0.3) is 17.4 Å². The molecule has 1 aliphatic rings. The summed E-state index contributed by atoms with van der Waals surface area (Å²) in [6.45, 7) is 2.46. The minimum Gasteiger partial charge on any atom is -0.355 e. The van der Waals surface area contributed by atoms with Crippen molar-refractivity contribution < 1.29 is 9.59 Å². The number of amides is 2. The molecule has 2 amide bonds. The van der Waals surface area contributed by atoms with Crippen LogP contribution in [-0.2, 0) is 6.54 Å². The largest absolute Gasteiger partial charge is 0.355 e. The molecule has 1 aromatic heterocycles. The Kier molecular flexibility index (Phi) is 6.29. The molecule has 0 saturated heterocycles. The Morgan fingerprint density at radius 1 is 1.18 bits per heavy atom. The second-order valence-corrected chi connectivity index (χ2v) is 7.36. The van der Waals surface area contributed by atoms with E-state index in [1.807, 2.05) is 30.3 Å². The van der Waals surface area contributed by atoms with E-state index in [9.17, 15) is 14.4 Å². The van der Waals surface area contributed by atoms with Crippen LogP contribution in [0.5, 0.6) is 0 Å². The Bertz CT molecular complexity index is 905. The van der Waals surface area contributed by atoms with Crippen LogP contribution in [0.15, 0.2) is 47.4 Å². The van der Waals surface area contributed by atoms with Crippen molar-refractivity contribution in [2.24, 2.45) is 5.92 Å². The lowest BCUT2D eigenvalue weighted by Crippen LogP contribution is -2.34. The van der Waals surface area contributed by atoms with Crippen LogP contribution in [0.25, 0.3) is 0 Å². The fourth-order valence-corrected chi connectivity index (χ4v) is 3.42. The first-order valence-electron chi connectivity index (χ1n) is 9.84. The predicted octanol–water partition coefficient (Wildman–Crippen LogP) is 2.56. The fourth-order valence-electron chi connectivity index (χ4n) is 3.42. The number of rotatable bonds is 8. The molecule has 3 rings (SSSR count). The highest BCUT2D eigenvalue weighted by atomic mass is 16.2. The van der Waals surface area contributed by atoms with Gasteiger partial charge in [0.15, 0.2) is 0 Å². The summed E-state index contributed by atoms with van der Waals surface area (Å²) in [6, 6.07) is 11.1. The van der Waals surface area contributed by atoms with Gasteiger partial charge in [-0.05, 0) is 30.4 Å². The third-order valence-corrected chi connectivity index (χ3v) is 5.18. The van der Waals surface area contributed by atoms with E-state index in [0.29, 0.717) is 18.0 Å². The van der Waals surface area contributed by atoms with Crippen molar-refractivity contribution in [1.82, 2.24) is 15.2 Å². The summed E-state index contributed by atoms with van der Waals surface area (Å²) in [5.41, 5.74) is 0.818. The van der Waals surface area contributed by atoms with Crippen LogP contribution in [0.3, 0.4) is 0 Å². The molecule has 28 heavy (non-hydrogen) atoms. The number of hydrogen-bond acceptors (Lipinski definition) is 3. The summed E-state index contributed by atoms with van der Waals surface area (Å²) in [5.74, 6) is -0.192. The van der Waals surface area contributed by atoms with Gasteiger partial charge in [0.05, 0.1) is 12.1 Å². The van der Waals surface area contributed by atoms with Crippen LogP contribution in [0.4, 0.5) is 0 Å². The first-order valence-corrected chi connectivity index (χ1v) is 9.84. The lowest BCUT2D eigenvalue weighted by molar-refractivity contribution is 0.0948. The summed E-state index contributed by atoms with van der Waals surface area (Å²) in [6.07, 6.45) is 5.98. The molecule has 0 radical (unpaired) electrons. The van der Waals surface area contributed by atoms with Crippen LogP contribution in [0, 0.1) is 5.92 Å². The van der Waals surface area contributed by atoms with Crippen molar-refractivity contribution in [2.75, 3.05) is 7.05 Å². The maximum absolute atomic E-state index is 12.7. The number of benzene rings is 1. The molecule has 148 valence electrons. The zero-order valence-electron chi connectivity index (χ0n) is 16.4. The van der Waals surface area contributed by atoms with E-state index in [-0.39, 0.29) is 17.5 Å². The highest BCUT2D eigenvalue weighted by Gasteiger charge is 2.37. The molecule has 1 fully saturated rings. The van der Waals surface area contributed by atoms with Crippen molar-refractivity contribution in [1.29, 1.82) is 0 Å². The number of nitrogens with zero attached hydrogens (tertiary/aromatic N) is 1. The number of carbonyl (C=O) groups excluding carboxylic acids is 2. The van der Waals surface area contributed by atoms with Gasteiger partial charge in [0.2, 0.25) is 0 Å². The van der Waals surface area contributed by atoms with Gasteiger partial charge in [-0.2, -0.15) is 0 Å². The molecule has 6 nitrogen and oxygen atoms in total. The van der Waals surface area contributed by atoms with Gasteiger partial charge in [-0.25, -0.2) is 0 Å². The summed E-state index contributed by atoms with van der Waals surface area (Å²) < 4.78 is 1.43. The van der Waals surface area contributed by atoms with E-state index in [1.54, 1.807) is 6.20 Å². The zero-order valence-corrected chi connectivity index (χ0v) is 16.4. The molecular formula is C22H27N3O3. The Hall–Kier alpha value is -2.89. The highest BCUT2D eigenvalue weighted by molar-refractivity contribution is 5.99. The first kappa shape index (κ1) is 19.9. The molecule has 2 unspecified atom stereocenters. The van der Waals surface area contributed by atoms with Gasteiger partial charge in [-0.1, -0.05) is 50.1 Å². The molecule has 0 bridgehead atoms. The number of aromatic nitrogens is 1. The molecule has 2 atom stereocenters. The topological polar surface area (TPSA) is 80.2 Å². The zero-order chi connectivity index (χ0) is 20.1. The highest BCUT2D eigenvalue weighted by Crippen LogP contribution is 2.35. The number of nitrogens with one attached hydrogen (secondary N) is 2. The molecule has 2 aromatic rings. The van der Waals surface area contributed by atoms with Crippen LogP contribution in [0.2, 0.25) is 0 Å². The van der Waals surface area contributed by atoms with Gasteiger partial charge in [-0.15, -0.1) is 0 Å². The molecule has 0 aliphatic heterocycles. The summed E-state index contributed by atoms with van der Waals surface area (Å²) in [7, 11) is 1.47. The number of hydrogen-bond donors (Lipinski definition) is 2. The van der Waals surface area contributed by atoms with Crippen molar-refractivity contribution in [3.8, 4) is 0 Å². The van der Waals surface area contributed by atoms with Crippen molar-refractivity contribution in [3.05, 3.63) is 69.6 Å². The fraction of sp³-hybridized carbons (Fsp3) is 0.409. The Morgan fingerprint density at radius 3 is 2.61 bits per heavy atom. The SMILES string of the molecule is CCCCC1CC1NC(=O)c1cc(C(=O)NC)c(=O)n(Cc2ccccc2)c1. The van der Waals surface area contributed by atoms with Gasteiger partial charge in [0, 0.05) is 19.3 Å². The summed E-state index contributed by atoms with van der Waals surface area (Å²) in [4.78, 5) is 37.6. The molecule has 1 heterocycles. The molecular weight excluding hydrogens is 354 g/mol. The lowest BCUT2D eigenvalue weighted by Gasteiger charge is -2.12. The third kappa shape index (κ3) is 4.68. The molecule has 1 saturated carbocycles. The van der Waals surface area contributed by atoms with Gasteiger partial charge in [-0.3, -0.25) is 14.4 Å². The Balaban J connectivity index is 1.84. The van der Waals surface area contributed by atoms with Crippen molar-refractivity contribution >= 4 is 11.8 Å². The molecule has 2 N–H and O–H groups in total. The monoisotopic (exact) mass is 381 g/mol. The van der Waals surface area contributed by atoms with E-state index >= 15 is 0 Å². The Morgan fingerprint density at radius 2 is 1.93 bits per heavy atom. The Labute approximate surface area is 165 Å². The number of carbonyl (C=O) groups is 2. The van der Waals surface area contributed by atoms with Crippen LogP contribution in [0.1, 0.15) is 58.9 Å². The minimum absolute atomic E-state index is 0.0237. The van der Waals surface area contributed by atoms with Gasteiger partial charge in [0.1, 0.15) is 5.56 Å². The van der Waals surface area contributed by atoms with Crippen LogP contribution < -0.4 is 16.2 Å². The van der Waals surface area contributed by atoms with Crippen molar-refractivity contribution in [2.45, 2.75) is 45.2 Å². The standard InChI is InChI=1S/C22H27N3O3/c1-3-4-10-16-12-19(16)24-20(26)17-11-18(21(27)23-2)22(28)25(14-17)13-15-8-6-5-7-9-15/h5-9,11,14,16,19H,3-4,10,12-13H2,1-2H3,(H,23,27)(H,24,26).